The topological polar surface area (TPSA) is 77.2 Å². The van der Waals surface area contributed by atoms with Crippen molar-refractivity contribution in [2.75, 3.05) is 0 Å². The van der Waals surface area contributed by atoms with E-state index < -0.39 is 0 Å². The second kappa shape index (κ2) is 9.59. The molecule has 0 aromatic carbocycles. The minimum Gasteiger partial charge on any atom is -2.00 e. The van der Waals surface area contributed by atoms with Gasteiger partial charge >= 0.3 is 21.7 Å². The molecular weight excluding hydrogens is 168 g/mol. The second-order valence-corrected chi connectivity index (χ2v) is 2.29. The summed E-state index contributed by atoms with van der Waals surface area (Å²) >= 11 is 0. The van der Waals surface area contributed by atoms with Gasteiger partial charge in [0, 0.05) is 0 Å². The SMILES string of the molecule is OC1CCCCC1.[O-2].[O-2].[Ti+4]. The summed E-state index contributed by atoms with van der Waals surface area (Å²) < 4.78 is 0. The zero-order chi connectivity index (χ0) is 5.11. The van der Waals surface area contributed by atoms with Gasteiger partial charge in [-0.05, 0) is 12.8 Å². The molecule has 1 N–H and O–H groups in total. The maximum atomic E-state index is 8.91. The zero-order valence-electron chi connectivity index (χ0n) is 5.88. The van der Waals surface area contributed by atoms with Gasteiger partial charge in [-0.1, -0.05) is 19.3 Å². The van der Waals surface area contributed by atoms with Gasteiger partial charge in [0.25, 0.3) is 0 Å². The fourth-order valence-electron chi connectivity index (χ4n) is 1.08. The predicted molar refractivity (Wildman–Crippen MR) is 30.5 cm³/mol. The quantitative estimate of drug-likeness (QED) is 0.556. The van der Waals surface area contributed by atoms with E-state index in [-0.39, 0.29) is 38.8 Å². The van der Waals surface area contributed by atoms with Crippen LogP contribution in [-0.2, 0) is 32.7 Å². The number of aliphatic hydroxyl groups excluding tert-OH is 1. The van der Waals surface area contributed by atoms with Gasteiger partial charge in [-0.25, -0.2) is 0 Å². The summed E-state index contributed by atoms with van der Waals surface area (Å²) in [7, 11) is 0. The predicted octanol–water partition coefficient (Wildman–Crippen LogP) is 1.07. The van der Waals surface area contributed by atoms with Crippen molar-refractivity contribution < 1.29 is 37.8 Å². The van der Waals surface area contributed by atoms with Crippen molar-refractivity contribution in [2.24, 2.45) is 0 Å². The number of hydrogen-bond acceptors (Lipinski definition) is 1. The zero-order valence-corrected chi connectivity index (χ0v) is 7.44. The Morgan fingerprint density at radius 3 is 1.50 bits per heavy atom. The first-order valence-electron chi connectivity index (χ1n) is 3.07. The summed E-state index contributed by atoms with van der Waals surface area (Å²) in [5.74, 6) is 0. The van der Waals surface area contributed by atoms with E-state index in [1.165, 1.54) is 19.3 Å². The average Bonchev–Trinajstić information content (AvgIpc) is 1.69. The van der Waals surface area contributed by atoms with Gasteiger partial charge in [0.2, 0.25) is 0 Å². The molecule has 0 aromatic heterocycles. The van der Waals surface area contributed by atoms with E-state index in [2.05, 4.69) is 0 Å². The van der Waals surface area contributed by atoms with Gasteiger partial charge in [0.15, 0.2) is 0 Å². The minimum atomic E-state index is 0. The van der Waals surface area contributed by atoms with Gasteiger partial charge in [0.1, 0.15) is 0 Å². The number of rotatable bonds is 0. The molecule has 1 rings (SSSR count). The van der Waals surface area contributed by atoms with E-state index in [0.717, 1.165) is 12.8 Å². The van der Waals surface area contributed by atoms with Crippen LogP contribution in [0, 0.1) is 0 Å². The fourth-order valence-corrected chi connectivity index (χ4v) is 1.08. The standard InChI is InChI=1S/C6H12O.2O.Ti/c7-6-4-2-1-3-5-6;;;/h6-7H,1-5H2;;;/q;2*-2;+4. The first-order chi connectivity index (χ1) is 3.39. The molecule has 1 aliphatic carbocycles. The van der Waals surface area contributed by atoms with E-state index in [4.69, 9.17) is 5.11 Å². The van der Waals surface area contributed by atoms with Crippen molar-refractivity contribution in [3.63, 3.8) is 0 Å². The van der Waals surface area contributed by atoms with Crippen molar-refractivity contribution >= 4 is 0 Å². The molecule has 1 aliphatic rings. The molecule has 0 bridgehead atoms. The van der Waals surface area contributed by atoms with E-state index in [1.807, 2.05) is 0 Å². The maximum Gasteiger partial charge on any atom is 4.00 e. The van der Waals surface area contributed by atoms with Crippen molar-refractivity contribution in [1.82, 2.24) is 0 Å². The largest absolute Gasteiger partial charge is 4.00 e. The Kier molecular flexibility index (Phi) is 16.2. The third-order valence-corrected chi connectivity index (χ3v) is 1.57. The third-order valence-electron chi connectivity index (χ3n) is 1.57. The summed E-state index contributed by atoms with van der Waals surface area (Å²) in [5, 5.41) is 8.91. The molecule has 0 saturated heterocycles. The van der Waals surface area contributed by atoms with Crippen LogP contribution in [-0.4, -0.2) is 11.2 Å². The molecule has 3 nitrogen and oxygen atoms in total. The molecule has 1 fully saturated rings. The molecule has 0 radical (unpaired) electrons. The molecule has 0 heterocycles. The van der Waals surface area contributed by atoms with Gasteiger partial charge in [-0.15, -0.1) is 0 Å². The molecule has 0 aromatic rings. The summed E-state index contributed by atoms with van der Waals surface area (Å²) in [6, 6.07) is 0. The molecule has 0 atom stereocenters. The Bertz CT molecular complexity index is 55.0. The minimum absolute atomic E-state index is 0. The molecule has 10 heavy (non-hydrogen) atoms. The second-order valence-electron chi connectivity index (χ2n) is 2.29. The smallest absolute Gasteiger partial charge is 2.00 e. The molecule has 0 amide bonds. The van der Waals surface area contributed by atoms with E-state index in [9.17, 15) is 0 Å². The maximum absolute atomic E-state index is 8.91. The Labute approximate surface area is 76.3 Å². The number of aliphatic hydroxyl groups is 1. The van der Waals surface area contributed by atoms with Crippen LogP contribution < -0.4 is 0 Å². The molecule has 1 saturated carbocycles. The Morgan fingerprint density at radius 1 is 0.900 bits per heavy atom. The van der Waals surface area contributed by atoms with E-state index in [0.29, 0.717) is 0 Å². The van der Waals surface area contributed by atoms with Crippen LogP contribution >= 0.6 is 0 Å². The molecule has 0 spiro atoms. The monoisotopic (exact) mass is 180 g/mol. The summed E-state index contributed by atoms with van der Waals surface area (Å²) in [5.41, 5.74) is 0. The van der Waals surface area contributed by atoms with Gasteiger partial charge in [-0.2, -0.15) is 0 Å². The summed E-state index contributed by atoms with van der Waals surface area (Å²) in [4.78, 5) is 0. The van der Waals surface area contributed by atoms with Crippen LogP contribution in [0.4, 0.5) is 0 Å². The first-order valence-corrected chi connectivity index (χ1v) is 3.07. The third kappa shape index (κ3) is 6.71. The first kappa shape index (κ1) is 16.9. The van der Waals surface area contributed by atoms with Crippen LogP contribution in [0.5, 0.6) is 0 Å². The van der Waals surface area contributed by atoms with Crippen molar-refractivity contribution in [3.8, 4) is 0 Å². The molecular formula is C6H12O3Ti. The number of hydrogen-bond donors (Lipinski definition) is 1. The van der Waals surface area contributed by atoms with Crippen molar-refractivity contribution in [1.29, 1.82) is 0 Å². The fraction of sp³-hybridized carbons (Fsp3) is 1.00. The van der Waals surface area contributed by atoms with Crippen molar-refractivity contribution in [2.45, 2.75) is 38.2 Å². The summed E-state index contributed by atoms with van der Waals surface area (Å²) in [6.07, 6.45) is 5.92. The van der Waals surface area contributed by atoms with E-state index in [1.54, 1.807) is 0 Å². The van der Waals surface area contributed by atoms with Crippen molar-refractivity contribution in [3.05, 3.63) is 0 Å². The van der Waals surface area contributed by atoms with Crippen LogP contribution in [0.15, 0.2) is 0 Å². The van der Waals surface area contributed by atoms with Gasteiger partial charge in [-0.3, -0.25) is 0 Å². The normalized spacial score (nSPS) is 17.7. The Balaban J connectivity index is -0.000000163. The summed E-state index contributed by atoms with van der Waals surface area (Å²) in [6.45, 7) is 0. The Hall–Kier alpha value is 0.594. The average molecular weight is 180 g/mol. The molecule has 0 aliphatic heterocycles. The van der Waals surface area contributed by atoms with Crippen LogP contribution in [0.2, 0.25) is 0 Å². The Morgan fingerprint density at radius 2 is 1.30 bits per heavy atom. The van der Waals surface area contributed by atoms with Crippen LogP contribution in [0.1, 0.15) is 32.1 Å². The van der Waals surface area contributed by atoms with Gasteiger partial charge < -0.3 is 16.1 Å². The molecule has 58 valence electrons. The van der Waals surface area contributed by atoms with Crippen LogP contribution in [0.25, 0.3) is 0 Å². The molecule has 0 unspecified atom stereocenters. The van der Waals surface area contributed by atoms with Crippen LogP contribution in [0.3, 0.4) is 0 Å². The van der Waals surface area contributed by atoms with Gasteiger partial charge in [0.05, 0.1) is 6.10 Å². The molecule has 4 heteroatoms. The van der Waals surface area contributed by atoms with E-state index >= 15 is 0 Å².